The maximum Gasteiger partial charge on any atom is 0.123 e. The fourth-order valence-electron chi connectivity index (χ4n) is 2.75. The standard InChI is InChI=1S/C15H21BrFNO/c16-14-8-7-11(17)9-13(14)15(10-19)18-12-5-3-1-2-4-6-12/h7-9,12,15,18-19H,1-6,10H2. The van der Waals surface area contributed by atoms with Gasteiger partial charge in [-0.15, -0.1) is 0 Å². The summed E-state index contributed by atoms with van der Waals surface area (Å²) in [6.45, 7) is -0.0153. The minimum absolute atomic E-state index is 0.0153. The van der Waals surface area contributed by atoms with Gasteiger partial charge in [0.15, 0.2) is 0 Å². The molecule has 1 aromatic rings. The van der Waals surface area contributed by atoms with E-state index in [-0.39, 0.29) is 18.5 Å². The van der Waals surface area contributed by atoms with E-state index in [2.05, 4.69) is 21.2 Å². The predicted molar refractivity (Wildman–Crippen MR) is 78.6 cm³/mol. The number of nitrogens with one attached hydrogen (secondary N) is 1. The lowest BCUT2D eigenvalue weighted by molar-refractivity contribution is 0.227. The highest BCUT2D eigenvalue weighted by molar-refractivity contribution is 9.10. The van der Waals surface area contributed by atoms with Crippen molar-refractivity contribution in [1.29, 1.82) is 0 Å². The third-order valence-electron chi connectivity index (χ3n) is 3.81. The first-order valence-corrected chi connectivity index (χ1v) is 7.82. The normalized spacial score (nSPS) is 19.1. The SMILES string of the molecule is OCC(NC1CCCCCC1)c1cc(F)ccc1Br. The number of aliphatic hydroxyl groups excluding tert-OH is 1. The Hall–Kier alpha value is -0.450. The van der Waals surface area contributed by atoms with Gasteiger partial charge in [0.05, 0.1) is 12.6 Å². The van der Waals surface area contributed by atoms with Crippen molar-refractivity contribution in [3.63, 3.8) is 0 Å². The monoisotopic (exact) mass is 329 g/mol. The van der Waals surface area contributed by atoms with Crippen molar-refractivity contribution >= 4 is 15.9 Å². The molecule has 1 unspecified atom stereocenters. The van der Waals surface area contributed by atoms with Crippen LogP contribution in [0.2, 0.25) is 0 Å². The highest BCUT2D eigenvalue weighted by Crippen LogP contribution is 2.26. The van der Waals surface area contributed by atoms with Gasteiger partial charge in [0.2, 0.25) is 0 Å². The highest BCUT2D eigenvalue weighted by Gasteiger charge is 2.20. The van der Waals surface area contributed by atoms with E-state index in [9.17, 15) is 9.50 Å². The zero-order valence-corrected chi connectivity index (χ0v) is 12.6. The molecule has 0 aromatic heterocycles. The van der Waals surface area contributed by atoms with Crippen molar-refractivity contribution in [2.24, 2.45) is 0 Å². The lowest BCUT2D eigenvalue weighted by atomic mass is 10.0. The fraction of sp³-hybridized carbons (Fsp3) is 0.600. The Morgan fingerprint density at radius 3 is 2.58 bits per heavy atom. The molecule has 0 saturated heterocycles. The second-order valence-electron chi connectivity index (χ2n) is 5.26. The number of hydrogen-bond acceptors (Lipinski definition) is 2. The summed E-state index contributed by atoms with van der Waals surface area (Å²) in [5.41, 5.74) is 0.798. The van der Waals surface area contributed by atoms with Crippen LogP contribution in [0.1, 0.15) is 50.1 Å². The number of rotatable bonds is 4. The van der Waals surface area contributed by atoms with Crippen molar-refractivity contribution < 1.29 is 9.50 Å². The first-order chi connectivity index (χ1) is 9.20. The molecule has 1 atom stereocenters. The van der Waals surface area contributed by atoms with Crippen LogP contribution < -0.4 is 5.32 Å². The third-order valence-corrected chi connectivity index (χ3v) is 4.53. The van der Waals surface area contributed by atoms with Gasteiger partial charge >= 0.3 is 0 Å². The quantitative estimate of drug-likeness (QED) is 0.820. The first kappa shape index (κ1) is 14.9. The zero-order valence-electron chi connectivity index (χ0n) is 11.0. The van der Waals surface area contributed by atoms with E-state index in [1.807, 2.05) is 0 Å². The molecule has 2 nitrogen and oxygen atoms in total. The molecule has 1 aliphatic carbocycles. The first-order valence-electron chi connectivity index (χ1n) is 7.02. The van der Waals surface area contributed by atoms with Crippen molar-refractivity contribution in [3.05, 3.63) is 34.1 Å². The number of halogens is 2. The lowest BCUT2D eigenvalue weighted by Crippen LogP contribution is -2.34. The van der Waals surface area contributed by atoms with Gasteiger partial charge in [-0.25, -0.2) is 4.39 Å². The molecule has 0 bridgehead atoms. The summed E-state index contributed by atoms with van der Waals surface area (Å²) in [5.74, 6) is -0.265. The van der Waals surface area contributed by atoms with Crippen LogP contribution in [0.4, 0.5) is 4.39 Å². The van der Waals surface area contributed by atoms with Gasteiger partial charge in [0, 0.05) is 10.5 Å². The molecule has 0 radical (unpaired) electrons. The molecule has 0 spiro atoms. The molecule has 4 heteroatoms. The molecule has 1 aromatic carbocycles. The molecular weight excluding hydrogens is 309 g/mol. The Balaban J connectivity index is 2.08. The van der Waals surface area contributed by atoms with Crippen LogP contribution >= 0.6 is 15.9 Å². The molecule has 0 heterocycles. The average molecular weight is 330 g/mol. The van der Waals surface area contributed by atoms with Gasteiger partial charge in [-0.2, -0.15) is 0 Å². The molecule has 0 aliphatic heterocycles. The van der Waals surface area contributed by atoms with E-state index in [1.165, 1.54) is 37.8 Å². The van der Waals surface area contributed by atoms with E-state index in [4.69, 9.17) is 0 Å². The topological polar surface area (TPSA) is 32.3 Å². The summed E-state index contributed by atoms with van der Waals surface area (Å²) < 4.78 is 14.2. The Morgan fingerprint density at radius 2 is 1.95 bits per heavy atom. The summed E-state index contributed by atoms with van der Waals surface area (Å²) >= 11 is 3.43. The van der Waals surface area contributed by atoms with Crippen LogP contribution in [0.5, 0.6) is 0 Å². The maximum atomic E-state index is 13.4. The Bertz CT molecular complexity index is 405. The number of hydrogen-bond donors (Lipinski definition) is 2. The van der Waals surface area contributed by atoms with E-state index >= 15 is 0 Å². The van der Waals surface area contributed by atoms with E-state index in [0.29, 0.717) is 6.04 Å². The van der Waals surface area contributed by atoms with Crippen LogP contribution in [0, 0.1) is 5.82 Å². The zero-order chi connectivity index (χ0) is 13.7. The average Bonchev–Trinajstić information content (AvgIpc) is 2.67. The largest absolute Gasteiger partial charge is 0.394 e. The van der Waals surface area contributed by atoms with Gasteiger partial charge in [0.1, 0.15) is 5.82 Å². The second kappa shape index (κ2) is 7.36. The van der Waals surface area contributed by atoms with Gasteiger partial charge in [-0.1, -0.05) is 41.6 Å². The van der Waals surface area contributed by atoms with Crippen molar-refractivity contribution in [1.82, 2.24) is 5.32 Å². The molecule has 1 saturated carbocycles. The van der Waals surface area contributed by atoms with Crippen molar-refractivity contribution in [2.45, 2.75) is 50.6 Å². The molecule has 0 amide bonds. The Morgan fingerprint density at radius 1 is 1.26 bits per heavy atom. The van der Waals surface area contributed by atoms with Gasteiger partial charge in [-0.3, -0.25) is 0 Å². The molecule has 2 N–H and O–H groups in total. The van der Waals surface area contributed by atoms with Crippen LogP contribution in [0.25, 0.3) is 0 Å². The van der Waals surface area contributed by atoms with Crippen molar-refractivity contribution in [3.8, 4) is 0 Å². The highest BCUT2D eigenvalue weighted by atomic mass is 79.9. The van der Waals surface area contributed by atoms with Gasteiger partial charge in [-0.05, 0) is 36.6 Å². The molecular formula is C15H21BrFNO. The van der Waals surface area contributed by atoms with Gasteiger partial charge in [0.25, 0.3) is 0 Å². The summed E-state index contributed by atoms with van der Waals surface area (Å²) in [6, 6.07) is 4.84. The van der Waals surface area contributed by atoms with Crippen LogP contribution in [-0.4, -0.2) is 17.8 Å². The van der Waals surface area contributed by atoms with Gasteiger partial charge < -0.3 is 10.4 Å². The maximum absolute atomic E-state index is 13.4. The summed E-state index contributed by atoms with van der Waals surface area (Å²) in [5, 5.41) is 13.1. The van der Waals surface area contributed by atoms with Crippen molar-refractivity contribution in [2.75, 3.05) is 6.61 Å². The second-order valence-corrected chi connectivity index (χ2v) is 6.11. The summed E-state index contributed by atoms with van der Waals surface area (Å²) in [6.07, 6.45) is 7.35. The molecule has 1 fully saturated rings. The van der Waals surface area contributed by atoms with Crippen LogP contribution in [0.3, 0.4) is 0 Å². The Kier molecular flexibility index (Phi) is 5.79. The van der Waals surface area contributed by atoms with Crippen LogP contribution in [-0.2, 0) is 0 Å². The predicted octanol–water partition coefficient (Wildman–Crippen LogP) is 3.93. The van der Waals surface area contributed by atoms with Crippen LogP contribution in [0.15, 0.2) is 22.7 Å². The smallest absolute Gasteiger partial charge is 0.123 e. The molecule has 106 valence electrons. The van der Waals surface area contributed by atoms with E-state index in [0.717, 1.165) is 22.9 Å². The summed E-state index contributed by atoms with van der Waals surface area (Å²) in [4.78, 5) is 0. The van der Waals surface area contributed by atoms with E-state index < -0.39 is 0 Å². The number of aliphatic hydroxyl groups is 1. The minimum atomic E-state index is -0.265. The molecule has 2 rings (SSSR count). The summed E-state index contributed by atoms with van der Waals surface area (Å²) in [7, 11) is 0. The van der Waals surface area contributed by atoms with E-state index in [1.54, 1.807) is 6.07 Å². The molecule has 1 aliphatic rings. The fourth-order valence-corrected chi connectivity index (χ4v) is 3.28. The third kappa shape index (κ3) is 4.26. The lowest BCUT2D eigenvalue weighted by Gasteiger charge is -2.24. The Labute approximate surface area is 122 Å². The molecule has 19 heavy (non-hydrogen) atoms. The minimum Gasteiger partial charge on any atom is -0.394 e. The number of benzene rings is 1.